The van der Waals surface area contributed by atoms with Crippen LogP contribution in [0.5, 0.6) is 0 Å². The Bertz CT molecular complexity index is 499. The number of nitrogens with zero attached hydrogens (tertiary/aromatic N) is 1. The molecule has 0 fully saturated rings. The molecule has 90 valence electrons. The molecule has 4 N–H and O–H groups in total. The van der Waals surface area contributed by atoms with E-state index in [0.717, 1.165) is 16.9 Å². The van der Waals surface area contributed by atoms with Gasteiger partial charge in [0.15, 0.2) is 0 Å². The number of carbonyl (C=O) groups excluding carboxylic acids is 1. The van der Waals surface area contributed by atoms with Crippen LogP contribution in [0.25, 0.3) is 11.0 Å². The molecule has 17 heavy (non-hydrogen) atoms. The van der Waals surface area contributed by atoms with Gasteiger partial charge in [0.25, 0.3) is 0 Å². The molecule has 1 amide bonds. The first-order chi connectivity index (χ1) is 8.08. The molecular weight excluding hydrogens is 216 g/mol. The van der Waals surface area contributed by atoms with Crippen molar-refractivity contribution >= 4 is 16.9 Å². The number of fused-ring (bicyclic) bond motifs is 1. The molecule has 0 aliphatic heterocycles. The van der Waals surface area contributed by atoms with E-state index < -0.39 is 6.04 Å². The lowest BCUT2D eigenvalue weighted by Crippen LogP contribution is -2.39. The summed E-state index contributed by atoms with van der Waals surface area (Å²) in [5.41, 5.74) is 7.35. The van der Waals surface area contributed by atoms with Crippen molar-refractivity contribution in [2.75, 3.05) is 0 Å². The van der Waals surface area contributed by atoms with Gasteiger partial charge < -0.3 is 16.0 Å². The van der Waals surface area contributed by atoms with Gasteiger partial charge in [-0.15, -0.1) is 0 Å². The van der Waals surface area contributed by atoms with E-state index in [9.17, 15) is 4.79 Å². The highest BCUT2D eigenvalue weighted by atomic mass is 16.2. The van der Waals surface area contributed by atoms with E-state index >= 15 is 0 Å². The van der Waals surface area contributed by atoms with Crippen LogP contribution < -0.4 is 11.1 Å². The lowest BCUT2D eigenvalue weighted by atomic mass is 10.2. The normalized spacial score (nSPS) is 14.5. The number of carbonyl (C=O) groups is 1. The summed E-state index contributed by atoms with van der Waals surface area (Å²) in [4.78, 5) is 19.1. The van der Waals surface area contributed by atoms with Crippen molar-refractivity contribution in [1.82, 2.24) is 15.3 Å². The maximum atomic E-state index is 11.5. The quantitative estimate of drug-likeness (QED) is 0.740. The molecule has 1 unspecified atom stereocenters. The molecule has 5 heteroatoms. The Morgan fingerprint density at radius 3 is 2.76 bits per heavy atom. The van der Waals surface area contributed by atoms with Crippen LogP contribution in [-0.4, -0.2) is 21.9 Å². The number of benzene rings is 1. The molecule has 0 bridgehead atoms. The predicted molar refractivity (Wildman–Crippen MR) is 66.3 cm³/mol. The Balaban J connectivity index is 2.19. The Morgan fingerprint density at radius 1 is 1.41 bits per heavy atom. The van der Waals surface area contributed by atoms with Gasteiger partial charge in [0.05, 0.1) is 23.1 Å². The summed E-state index contributed by atoms with van der Waals surface area (Å²) in [5.74, 6) is 0.554. The fourth-order valence-electron chi connectivity index (χ4n) is 1.59. The van der Waals surface area contributed by atoms with Crippen LogP contribution in [0, 0.1) is 0 Å². The average molecular weight is 232 g/mol. The zero-order chi connectivity index (χ0) is 12.4. The minimum absolute atomic E-state index is 0.180. The summed E-state index contributed by atoms with van der Waals surface area (Å²) in [6.45, 7) is 3.53. The lowest BCUT2D eigenvalue weighted by molar-refractivity contribution is -0.122. The molecule has 0 saturated carbocycles. The van der Waals surface area contributed by atoms with Gasteiger partial charge in [-0.1, -0.05) is 12.1 Å². The Labute approximate surface area is 99.4 Å². The summed E-state index contributed by atoms with van der Waals surface area (Å²) >= 11 is 0. The summed E-state index contributed by atoms with van der Waals surface area (Å²) in [7, 11) is 0. The molecular formula is C12H16N4O. The number of aromatic amines is 1. The second kappa shape index (κ2) is 4.55. The van der Waals surface area contributed by atoms with E-state index in [1.54, 1.807) is 6.92 Å². The highest BCUT2D eigenvalue weighted by Gasteiger charge is 2.15. The monoisotopic (exact) mass is 232 g/mol. The van der Waals surface area contributed by atoms with Crippen LogP contribution in [0.3, 0.4) is 0 Å². The third-order valence-corrected chi connectivity index (χ3v) is 2.59. The minimum Gasteiger partial charge on any atom is -0.345 e. The van der Waals surface area contributed by atoms with Gasteiger partial charge in [0.2, 0.25) is 5.91 Å². The molecule has 0 aliphatic rings. The van der Waals surface area contributed by atoms with Crippen molar-refractivity contribution in [3.05, 3.63) is 30.1 Å². The Hall–Kier alpha value is -1.88. The van der Waals surface area contributed by atoms with Crippen LogP contribution in [0.15, 0.2) is 24.3 Å². The SMILES string of the molecule is CC(NC(=O)[C@@H](C)N)c1nc2ccccc2[nH]1. The maximum Gasteiger partial charge on any atom is 0.237 e. The topological polar surface area (TPSA) is 83.8 Å². The second-order valence-corrected chi connectivity index (χ2v) is 4.16. The summed E-state index contributed by atoms with van der Waals surface area (Å²) in [5, 5.41) is 2.80. The van der Waals surface area contributed by atoms with Crippen molar-refractivity contribution in [1.29, 1.82) is 0 Å². The zero-order valence-corrected chi connectivity index (χ0v) is 9.90. The van der Waals surface area contributed by atoms with Crippen LogP contribution >= 0.6 is 0 Å². The number of para-hydroxylation sites is 2. The molecule has 0 saturated heterocycles. The van der Waals surface area contributed by atoms with E-state index in [0.29, 0.717) is 0 Å². The van der Waals surface area contributed by atoms with Gasteiger partial charge in [0.1, 0.15) is 5.82 Å². The first kappa shape index (κ1) is 11.6. The molecule has 5 nitrogen and oxygen atoms in total. The molecule has 1 heterocycles. The Morgan fingerprint density at radius 2 is 2.12 bits per heavy atom. The number of H-pyrrole nitrogens is 1. The van der Waals surface area contributed by atoms with E-state index in [-0.39, 0.29) is 11.9 Å². The summed E-state index contributed by atoms with van der Waals surface area (Å²) in [6.07, 6.45) is 0. The minimum atomic E-state index is -0.512. The van der Waals surface area contributed by atoms with Gasteiger partial charge >= 0.3 is 0 Å². The largest absolute Gasteiger partial charge is 0.345 e. The van der Waals surface area contributed by atoms with Crippen LogP contribution in [0.2, 0.25) is 0 Å². The number of nitrogens with one attached hydrogen (secondary N) is 2. The third-order valence-electron chi connectivity index (χ3n) is 2.59. The molecule has 0 radical (unpaired) electrons. The highest BCUT2D eigenvalue weighted by molar-refractivity contribution is 5.81. The van der Waals surface area contributed by atoms with Gasteiger partial charge in [0, 0.05) is 0 Å². The van der Waals surface area contributed by atoms with Gasteiger partial charge in [-0.25, -0.2) is 4.98 Å². The van der Waals surface area contributed by atoms with Crippen LogP contribution in [-0.2, 0) is 4.79 Å². The molecule has 0 aliphatic carbocycles. The van der Waals surface area contributed by atoms with E-state index in [2.05, 4.69) is 15.3 Å². The van der Waals surface area contributed by atoms with Crippen molar-refractivity contribution < 1.29 is 4.79 Å². The number of amides is 1. The van der Waals surface area contributed by atoms with Crippen molar-refractivity contribution in [3.63, 3.8) is 0 Å². The van der Waals surface area contributed by atoms with E-state index in [4.69, 9.17) is 5.73 Å². The average Bonchev–Trinajstić information content (AvgIpc) is 2.72. The number of hydrogen-bond donors (Lipinski definition) is 3. The van der Waals surface area contributed by atoms with E-state index in [1.165, 1.54) is 0 Å². The fraction of sp³-hybridized carbons (Fsp3) is 0.333. The van der Waals surface area contributed by atoms with Crippen LogP contribution in [0.4, 0.5) is 0 Å². The predicted octanol–water partition coefficient (Wildman–Crippen LogP) is 1.09. The second-order valence-electron chi connectivity index (χ2n) is 4.16. The maximum absolute atomic E-state index is 11.5. The Kier molecular flexibility index (Phi) is 3.10. The number of aromatic nitrogens is 2. The number of nitrogens with two attached hydrogens (primary N) is 1. The first-order valence-electron chi connectivity index (χ1n) is 5.58. The number of imidazole rings is 1. The van der Waals surface area contributed by atoms with Crippen molar-refractivity contribution in [2.45, 2.75) is 25.9 Å². The third kappa shape index (κ3) is 2.45. The van der Waals surface area contributed by atoms with Crippen molar-refractivity contribution in [3.8, 4) is 0 Å². The van der Waals surface area contributed by atoms with Crippen molar-refractivity contribution in [2.24, 2.45) is 5.73 Å². The molecule has 1 aromatic carbocycles. The summed E-state index contributed by atoms with van der Waals surface area (Å²) < 4.78 is 0. The molecule has 1 aromatic heterocycles. The van der Waals surface area contributed by atoms with Gasteiger partial charge in [-0.05, 0) is 26.0 Å². The smallest absolute Gasteiger partial charge is 0.237 e. The fourth-order valence-corrected chi connectivity index (χ4v) is 1.59. The molecule has 2 rings (SSSR count). The zero-order valence-electron chi connectivity index (χ0n) is 9.90. The number of hydrogen-bond acceptors (Lipinski definition) is 3. The number of rotatable bonds is 3. The van der Waals surface area contributed by atoms with Crippen LogP contribution in [0.1, 0.15) is 25.7 Å². The summed E-state index contributed by atoms with van der Waals surface area (Å²) in [6, 6.07) is 7.05. The van der Waals surface area contributed by atoms with Gasteiger partial charge in [-0.3, -0.25) is 4.79 Å². The first-order valence-corrected chi connectivity index (χ1v) is 5.58. The standard InChI is InChI=1S/C12H16N4O/c1-7(13)12(17)14-8(2)11-15-9-5-3-4-6-10(9)16-11/h3-8H,13H2,1-2H3,(H,14,17)(H,15,16)/t7-,8?/m1/s1. The molecule has 2 aromatic rings. The molecule has 2 atom stereocenters. The van der Waals surface area contributed by atoms with Gasteiger partial charge in [-0.2, -0.15) is 0 Å². The lowest BCUT2D eigenvalue weighted by Gasteiger charge is -2.13. The molecule has 0 spiro atoms. The highest BCUT2D eigenvalue weighted by Crippen LogP contribution is 2.15. The van der Waals surface area contributed by atoms with E-state index in [1.807, 2.05) is 31.2 Å².